The molecule has 0 spiro atoms. The molecule has 9 heteroatoms. The van der Waals surface area contributed by atoms with Crippen LogP contribution in [0.15, 0.2) is 77.9 Å². The summed E-state index contributed by atoms with van der Waals surface area (Å²) < 4.78 is 15.8. The smallest absolute Gasteiger partial charge is 0.260 e. The molecule has 0 amide bonds. The average Bonchev–Trinajstić information content (AvgIpc) is 2.93. The molecule has 0 saturated heterocycles. The number of fused-ring (bicyclic) bond motifs is 1. The van der Waals surface area contributed by atoms with Crippen molar-refractivity contribution in [2.24, 2.45) is 0 Å². The van der Waals surface area contributed by atoms with Crippen LogP contribution in [0, 0.1) is 5.95 Å². The third-order valence-corrected chi connectivity index (χ3v) is 6.84. The van der Waals surface area contributed by atoms with Crippen LogP contribution in [0.3, 0.4) is 0 Å². The van der Waals surface area contributed by atoms with E-state index in [2.05, 4.69) is 51.4 Å². The summed E-state index contributed by atoms with van der Waals surface area (Å²) in [7, 11) is 4.12. The molecule has 0 atom stereocenters. The van der Waals surface area contributed by atoms with Gasteiger partial charge in [-0.3, -0.25) is 9.36 Å². The highest BCUT2D eigenvalue weighted by Crippen LogP contribution is 2.32. The van der Waals surface area contributed by atoms with Crippen molar-refractivity contribution in [1.82, 2.24) is 24.4 Å². The van der Waals surface area contributed by atoms with E-state index in [1.165, 1.54) is 11.8 Å². The fourth-order valence-corrected chi connectivity index (χ4v) is 4.73. The number of nitrogens with zero attached hydrogens (tertiary/aromatic N) is 5. The first-order valence-electron chi connectivity index (χ1n) is 12.7. The van der Waals surface area contributed by atoms with Gasteiger partial charge < -0.3 is 10.2 Å². The van der Waals surface area contributed by atoms with Crippen LogP contribution in [0.25, 0.3) is 33.3 Å². The van der Waals surface area contributed by atoms with Crippen LogP contribution in [0.5, 0.6) is 0 Å². The van der Waals surface area contributed by atoms with Crippen molar-refractivity contribution in [2.45, 2.75) is 19.9 Å². The minimum absolute atomic E-state index is 0.220. The minimum Gasteiger partial charge on any atom is -0.324 e. The SMILES string of the molecule is CCn1c(=O)c(-c2ccc(-c3cccnc3F)cc2Cl)cc2cnc(Nc3ccc(CCN(C)C)cc3)nc21. The number of benzene rings is 2. The number of halogens is 2. The number of pyridine rings is 2. The lowest BCUT2D eigenvalue weighted by molar-refractivity contribution is 0.413. The van der Waals surface area contributed by atoms with Gasteiger partial charge in [-0.15, -0.1) is 0 Å². The summed E-state index contributed by atoms with van der Waals surface area (Å²) in [5.74, 6) is -0.180. The minimum atomic E-state index is -0.581. The molecule has 5 aromatic rings. The molecule has 3 heterocycles. The number of likely N-dealkylation sites (N-methyl/N-ethyl adjacent to an activating group) is 1. The third-order valence-electron chi connectivity index (χ3n) is 6.53. The topological polar surface area (TPSA) is 75.9 Å². The van der Waals surface area contributed by atoms with E-state index in [0.717, 1.165) is 18.7 Å². The molecular weight excluding hydrogens is 515 g/mol. The molecule has 5 rings (SSSR count). The molecular formula is C30H28ClFN6O. The Bertz CT molecular complexity index is 1700. The highest BCUT2D eigenvalue weighted by atomic mass is 35.5. The molecule has 0 aliphatic heterocycles. The Labute approximate surface area is 231 Å². The quantitative estimate of drug-likeness (QED) is 0.236. The summed E-state index contributed by atoms with van der Waals surface area (Å²) in [5.41, 5.74) is 4.31. The molecule has 0 saturated carbocycles. The Morgan fingerprint density at radius 1 is 1.00 bits per heavy atom. The van der Waals surface area contributed by atoms with Gasteiger partial charge in [0.15, 0.2) is 0 Å². The predicted molar refractivity (Wildman–Crippen MR) is 155 cm³/mol. The van der Waals surface area contributed by atoms with Crippen molar-refractivity contribution in [2.75, 3.05) is 26.0 Å². The van der Waals surface area contributed by atoms with Gasteiger partial charge in [0.05, 0.1) is 0 Å². The van der Waals surface area contributed by atoms with E-state index >= 15 is 0 Å². The number of hydrogen-bond acceptors (Lipinski definition) is 6. The molecule has 0 radical (unpaired) electrons. The summed E-state index contributed by atoms with van der Waals surface area (Å²) in [5, 5.41) is 4.28. The van der Waals surface area contributed by atoms with Crippen molar-refractivity contribution in [1.29, 1.82) is 0 Å². The van der Waals surface area contributed by atoms with Gasteiger partial charge in [-0.25, -0.2) is 9.97 Å². The Hall–Kier alpha value is -4.14. The van der Waals surface area contributed by atoms with Crippen LogP contribution in [-0.4, -0.2) is 45.1 Å². The van der Waals surface area contributed by atoms with Gasteiger partial charge in [-0.05, 0) is 75.0 Å². The van der Waals surface area contributed by atoms with Crippen molar-refractivity contribution in [3.63, 3.8) is 0 Å². The highest BCUT2D eigenvalue weighted by molar-refractivity contribution is 6.33. The van der Waals surface area contributed by atoms with E-state index in [1.807, 2.05) is 19.1 Å². The summed E-state index contributed by atoms with van der Waals surface area (Å²) in [6, 6.07) is 18.3. The number of aromatic nitrogens is 4. The average molecular weight is 543 g/mol. The standard InChI is InChI=1S/C30H28ClFN6O/c1-4-38-28-21(18-34-30(36-28)35-22-10-7-19(8-11-22)13-15-37(2)3)16-25(29(38)39)24-12-9-20(17-26(24)31)23-6-5-14-33-27(23)32/h5-12,14,16-18H,4,13,15H2,1-3H3,(H,34,35,36). The lowest BCUT2D eigenvalue weighted by atomic mass is 10.0. The van der Waals surface area contributed by atoms with Gasteiger partial charge in [0, 0.05) is 58.3 Å². The Morgan fingerprint density at radius 2 is 1.79 bits per heavy atom. The van der Waals surface area contributed by atoms with Crippen LogP contribution in [-0.2, 0) is 13.0 Å². The Kier molecular flexibility index (Phi) is 7.67. The summed E-state index contributed by atoms with van der Waals surface area (Å²) in [6.45, 7) is 3.29. The largest absolute Gasteiger partial charge is 0.324 e. The number of rotatable bonds is 8. The molecule has 3 aromatic heterocycles. The second-order valence-corrected chi connectivity index (χ2v) is 9.90. The monoisotopic (exact) mass is 542 g/mol. The van der Waals surface area contributed by atoms with Crippen molar-refractivity contribution >= 4 is 34.3 Å². The van der Waals surface area contributed by atoms with Crippen molar-refractivity contribution < 1.29 is 4.39 Å². The zero-order valence-electron chi connectivity index (χ0n) is 21.9. The summed E-state index contributed by atoms with van der Waals surface area (Å²) >= 11 is 6.61. The predicted octanol–water partition coefficient (Wildman–Crippen LogP) is 6.18. The Morgan fingerprint density at radius 3 is 2.49 bits per heavy atom. The highest BCUT2D eigenvalue weighted by Gasteiger charge is 2.16. The van der Waals surface area contributed by atoms with Gasteiger partial charge in [-0.2, -0.15) is 9.37 Å². The number of hydrogen-bond donors (Lipinski definition) is 1. The van der Waals surface area contributed by atoms with Crippen LogP contribution < -0.4 is 10.9 Å². The number of anilines is 2. The second kappa shape index (κ2) is 11.3. The fraction of sp³-hybridized carbons (Fsp3) is 0.200. The zero-order chi connectivity index (χ0) is 27.5. The number of nitrogens with one attached hydrogen (secondary N) is 1. The van der Waals surface area contributed by atoms with Gasteiger partial charge in [0.2, 0.25) is 11.9 Å². The van der Waals surface area contributed by atoms with E-state index in [9.17, 15) is 9.18 Å². The molecule has 1 N–H and O–H groups in total. The summed E-state index contributed by atoms with van der Waals surface area (Å²) in [4.78, 5) is 28.5. The van der Waals surface area contributed by atoms with E-state index < -0.39 is 5.95 Å². The van der Waals surface area contributed by atoms with E-state index in [0.29, 0.717) is 50.8 Å². The maximum absolute atomic E-state index is 14.2. The first-order valence-corrected chi connectivity index (χ1v) is 13.0. The third kappa shape index (κ3) is 5.67. The second-order valence-electron chi connectivity index (χ2n) is 9.49. The van der Waals surface area contributed by atoms with Crippen molar-refractivity contribution in [3.8, 4) is 22.3 Å². The van der Waals surface area contributed by atoms with Crippen LogP contribution in [0.4, 0.5) is 16.0 Å². The molecule has 0 bridgehead atoms. The van der Waals surface area contributed by atoms with Crippen LogP contribution in [0.2, 0.25) is 5.02 Å². The molecule has 0 fully saturated rings. The first kappa shape index (κ1) is 26.5. The van der Waals surface area contributed by atoms with Gasteiger partial charge in [-0.1, -0.05) is 35.9 Å². The maximum atomic E-state index is 14.2. The molecule has 2 aromatic carbocycles. The molecule has 0 unspecified atom stereocenters. The van der Waals surface area contributed by atoms with Crippen LogP contribution >= 0.6 is 11.6 Å². The maximum Gasteiger partial charge on any atom is 0.260 e. The van der Waals surface area contributed by atoms with Gasteiger partial charge in [0.25, 0.3) is 5.56 Å². The van der Waals surface area contributed by atoms with E-state index in [-0.39, 0.29) is 5.56 Å². The van der Waals surface area contributed by atoms with E-state index in [1.54, 1.807) is 47.2 Å². The van der Waals surface area contributed by atoms with E-state index in [4.69, 9.17) is 11.6 Å². The van der Waals surface area contributed by atoms with Crippen molar-refractivity contribution in [3.05, 3.63) is 99.9 Å². The zero-order valence-corrected chi connectivity index (χ0v) is 22.7. The molecule has 7 nitrogen and oxygen atoms in total. The first-order chi connectivity index (χ1) is 18.8. The lowest BCUT2D eigenvalue weighted by Crippen LogP contribution is -2.22. The molecule has 198 valence electrons. The van der Waals surface area contributed by atoms with Gasteiger partial charge in [0.1, 0.15) is 5.65 Å². The Balaban J connectivity index is 1.47. The molecule has 0 aliphatic carbocycles. The van der Waals surface area contributed by atoms with Crippen LogP contribution in [0.1, 0.15) is 12.5 Å². The normalized spacial score (nSPS) is 11.3. The number of aryl methyl sites for hydroxylation is 1. The fourth-order valence-electron chi connectivity index (χ4n) is 4.44. The summed E-state index contributed by atoms with van der Waals surface area (Å²) in [6.07, 6.45) is 4.06. The molecule has 39 heavy (non-hydrogen) atoms. The molecule has 0 aliphatic rings. The van der Waals surface area contributed by atoms with Gasteiger partial charge >= 0.3 is 0 Å². The lowest BCUT2D eigenvalue weighted by Gasteiger charge is -2.14.